The molecular formula is C23H26N4O. The van der Waals surface area contributed by atoms with Gasteiger partial charge in [0.1, 0.15) is 0 Å². The van der Waals surface area contributed by atoms with E-state index >= 15 is 0 Å². The van der Waals surface area contributed by atoms with E-state index in [9.17, 15) is 4.79 Å². The summed E-state index contributed by atoms with van der Waals surface area (Å²) in [6, 6.07) is 18.3. The Hall–Kier alpha value is -2.92. The molecule has 2 aromatic carbocycles. The highest BCUT2D eigenvalue weighted by Gasteiger charge is 2.22. The van der Waals surface area contributed by atoms with Gasteiger partial charge in [-0.25, -0.2) is 0 Å². The second-order valence-electron chi connectivity index (χ2n) is 7.50. The minimum atomic E-state index is 0.122. The maximum atomic E-state index is 12.8. The Morgan fingerprint density at radius 2 is 1.68 bits per heavy atom. The van der Waals surface area contributed by atoms with Crippen LogP contribution in [0.2, 0.25) is 0 Å². The highest BCUT2D eigenvalue weighted by Crippen LogP contribution is 2.19. The largest absolute Gasteiger partial charge is 0.378 e. The van der Waals surface area contributed by atoms with Crippen molar-refractivity contribution in [3.05, 3.63) is 71.9 Å². The molecule has 0 spiro atoms. The molecule has 1 aliphatic heterocycles. The monoisotopic (exact) mass is 374 g/mol. The number of benzene rings is 2. The topological polar surface area (TPSA) is 39.7 Å². The number of piperazine rings is 1. The second-order valence-corrected chi connectivity index (χ2v) is 7.50. The summed E-state index contributed by atoms with van der Waals surface area (Å²) in [5.74, 6) is 0.122. The van der Waals surface area contributed by atoms with Crippen LogP contribution in [0.1, 0.15) is 15.9 Å². The van der Waals surface area contributed by atoms with Gasteiger partial charge in [-0.05, 0) is 35.9 Å². The molecule has 0 saturated carbocycles. The molecule has 0 N–H and O–H groups in total. The van der Waals surface area contributed by atoms with Crippen molar-refractivity contribution in [1.29, 1.82) is 0 Å². The summed E-state index contributed by atoms with van der Waals surface area (Å²) >= 11 is 0. The molecule has 0 aliphatic carbocycles. The summed E-state index contributed by atoms with van der Waals surface area (Å²) < 4.78 is 0. The van der Waals surface area contributed by atoms with Gasteiger partial charge in [-0.3, -0.25) is 14.7 Å². The molecular weight excluding hydrogens is 348 g/mol. The smallest absolute Gasteiger partial charge is 0.253 e. The zero-order chi connectivity index (χ0) is 19.5. The number of amides is 1. The van der Waals surface area contributed by atoms with E-state index in [4.69, 9.17) is 0 Å². The van der Waals surface area contributed by atoms with E-state index in [1.165, 1.54) is 10.9 Å². The third kappa shape index (κ3) is 3.85. The van der Waals surface area contributed by atoms with Gasteiger partial charge in [-0.1, -0.05) is 24.3 Å². The van der Waals surface area contributed by atoms with Crippen molar-refractivity contribution in [2.24, 2.45) is 0 Å². The molecule has 1 aromatic heterocycles. The van der Waals surface area contributed by atoms with Crippen molar-refractivity contribution in [3.8, 4) is 0 Å². The number of nitrogens with zero attached hydrogens (tertiary/aromatic N) is 4. The van der Waals surface area contributed by atoms with Crippen LogP contribution >= 0.6 is 0 Å². The number of aromatic nitrogens is 1. The number of anilines is 1. The van der Waals surface area contributed by atoms with Crippen LogP contribution in [0.15, 0.2) is 60.8 Å². The zero-order valence-electron chi connectivity index (χ0n) is 16.5. The highest BCUT2D eigenvalue weighted by atomic mass is 16.2. The average molecular weight is 374 g/mol. The third-order valence-electron chi connectivity index (χ3n) is 5.40. The Bertz CT molecular complexity index is 955. The summed E-state index contributed by atoms with van der Waals surface area (Å²) in [5.41, 5.74) is 4.18. The number of hydrogen-bond acceptors (Lipinski definition) is 4. The fraction of sp³-hybridized carbons (Fsp3) is 0.304. The van der Waals surface area contributed by atoms with Gasteiger partial charge in [0.25, 0.3) is 5.91 Å². The molecule has 1 amide bonds. The lowest BCUT2D eigenvalue weighted by molar-refractivity contribution is 0.0629. The number of fused-ring (bicyclic) bond motifs is 1. The summed E-state index contributed by atoms with van der Waals surface area (Å²) in [6.07, 6.45) is 1.85. The molecule has 1 aliphatic rings. The molecule has 4 rings (SSSR count). The highest BCUT2D eigenvalue weighted by molar-refractivity contribution is 5.94. The number of pyridine rings is 1. The molecule has 5 heteroatoms. The Morgan fingerprint density at radius 3 is 2.39 bits per heavy atom. The van der Waals surface area contributed by atoms with Gasteiger partial charge in [-0.2, -0.15) is 0 Å². The van der Waals surface area contributed by atoms with Crippen LogP contribution in [0.5, 0.6) is 0 Å². The Morgan fingerprint density at radius 1 is 0.964 bits per heavy atom. The fourth-order valence-corrected chi connectivity index (χ4v) is 3.73. The van der Waals surface area contributed by atoms with Crippen molar-refractivity contribution in [2.45, 2.75) is 6.54 Å². The maximum Gasteiger partial charge on any atom is 0.253 e. The van der Waals surface area contributed by atoms with E-state index in [-0.39, 0.29) is 5.91 Å². The molecule has 3 aromatic rings. The van der Waals surface area contributed by atoms with Crippen molar-refractivity contribution >= 4 is 22.5 Å². The van der Waals surface area contributed by atoms with Crippen LogP contribution in [0.4, 0.5) is 5.69 Å². The van der Waals surface area contributed by atoms with Gasteiger partial charge in [-0.15, -0.1) is 0 Å². The average Bonchev–Trinajstić information content (AvgIpc) is 2.74. The van der Waals surface area contributed by atoms with Crippen LogP contribution in [0, 0.1) is 0 Å². The van der Waals surface area contributed by atoms with E-state index in [0.717, 1.165) is 49.5 Å². The quantitative estimate of drug-likeness (QED) is 0.703. The minimum absolute atomic E-state index is 0.122. The van der Waals surface area contributed by atoms with E-state index in [2.05, 4.69) is 34.1 Å². The first-order valence-corrected chi connectivity index (χ1v) is 9.73. The Balaban J connectivity index is 1.38. The summed E-state index contributed by atoms with van der Waals surface area (Å²) in [7, 11) is 4.00. The SMILES string of the molecule is CN(C)c1ccc(C(=O)N2CCN(Cc3cccc4cccnc34)CC2)cc1. The van der Waals surface area contributed by atoms with Crippen LogP contribution < -0.4 is 4.90 Å². The molecule has 0 radical (unpaired) electrons. The second kappa shape index (κ2) is 7.98. The summed E-state index contributed by atoms with van der Waals surface area (Å²) in [5, 5.41) is 1.18. The van der Waals surface area contributed by atoms with Gasteiger partial charge >= 0.3 is 0 Å². The first-order valence-electron chi connectivity index (χ1n) is 9.73. The maximum absolute atomic E-state index is 12.8. The van der Waals surface area contributed by atoms with Gasteiger partial charge in [0, 0.05) is 69.7 Å². The number of para-hydroxylation sites is 1. The predicted octanol–water partition coefficient (Wildman–Crippen LogP) is 3.26. The van der Waals surface area contributed by atoms with Gasteiger partial charge in [0.15, 0.2) is 0 Å². The Labute approximate surface area is 166 Å². The standard InChI is InChI=1S/C23H26N4O/c1-25(2)21-10-8-19(9-11-21)23(28)27-15-13-26(14-16-27)17-20-6-3-5-18-7-4-12-24-22(18)20/h3-12H,13-17H2,1-2H3. The molecule has 0 atom stereocenters. The van der Waals surface area contributed by atoms with Gasteiger partial charge in [0.2, 0.25) is 0 Å². The normalized spacial score (nSPS) is 15.0. The molecule has 1 fully saturated rings. The lowest BCUT2D eigenvalue weighted by Gasteiger charge is -2.35. The van der Waals surface area contributed by atoms with Crippen molar-refractivity contribution in [3.63, 3.8) is 0 Å². The number of carbonyl (C=O) groups excluding carboxylic acids is 1. The number of carbonyl (C=O) groups is 1. The zero-order valence-corrected chi connectivity index (χ0v) is 16.5. The first-order chi connectivity index (χ1) is 13.6. The summed E-state index contributed by atoms with van der Waals surface area (Å²) in [6.45, 7) is 4.14. The molecule has 28 heavy (non-hydrogen) atoms. The third-order valence-corrected chi connectivity index (χ3v) is 5.40. The lowest BCUT2D eigenvalue weighted by Crippen LogP contribution is -2.48. The summed E-state index contributed by atoms with van der Waals surface area (Å²) in [4.78, 5) is 23.8. The minimum Gasteiger partial charge on any atom is -0.378 e. The molecule has 0 bridgehead atoms. The fourth-order valence-electron chi connectivity index (χ4n) is 3.73. The number of rotatable bonds is 4. The van der Waals surface area contributed by atoms with Gasteiger partial charge < -0.3 is 9.80 Å². The molecule has 1 saturated heterocycles. The Kier molecular flexibility index (Phi) is 5.26. The molecule has 5 nitrogen and oxygen atoms in total. The molecule has 144 valence electrons. The van der Waals surface area contributed by atoms with Crippen molar-refractivity contribution < 1.29 is 4.79 Å². The van der Waals surface area contributed by atoms with E-state index in [0.29, 0.717) is 0 Å². The first kappa shape index (κ1) is 18.4. The van der Waals surface area contributed by atoms with Crippen molar-refractivity contribution in [1.82, 2.24) is 14.8 Å². The van der Waals surface area contributed by atoms with Crippen LogP contribution in [-0.2, 0) is 6.54 Å². The lowest BCUT2D eigenvalue weighted by atomic mass is 10.1. The molecule has 0 unspecified atom stereocenters. The van der Waals surface area contributed by atoms with Gasteiger partial charge in [0.05, 0.1) is 5.52 Å². The predicted molar refractivity (Wildman–Crippen MR) is 114 cm³/mol. The van der Waals surface area contributed by atoms with E-state index < -0.39 is 0 Å². The van der Waals surface area contributed by atoms with Crippen LogP contribution in [-0.4, -0.2) is 61.0 Å². The molecule has 2 heterocycles. The van der Waals surface area contributed by atoms with Crippen molar-refractivity contribution in [2.75, 3.05) is 45.2 Å². The van der Waals surface area contributed by atoms with E-state index in [1.54, 1.807) is 0 Å². The van der Waals surface area contributed by atoms with Crippen LogP contribution in [0.25, 0.3) is 10.9 Å². The van der Waals surface area contributed by atoms with E-state index in [1.807, 2.05) is 60.4 Å². The van der Waals surface area contributed by atoms with Crippen LogP contribution in [0.3, 0.4) is 0 Å². The number of hydrogen-bond donors (Lipinski definition) is 0.